The smallest absolute Gasteiger partial charge is 0.187 e. The second-order valence-corrected chi connectivity index (χ2v) is 23.6. The molecule has 10 aliphatic rings. The van der Waals surface area contributed by atoms with E-state index in [0.717, 1.165) is 32.1 Å². The zero-order valence-corrected chi connectivity index (χ0v) is 41.9. The second kappa shape index (κ2) is 20.8. The molecule has 0 unspecified atom stereocenters. The van der Waals surface area contributed by atoms with Crippen LogP contribution in [0.3, 0.4) is 0 Å². The van der Waals surface area contributed by atoms with Crippen molar-refractivity contribution in [1.82, 2.24) is 0 Å². The first-order valence-corrected chi connectivity index (χ1v) is 26.5. The average Bonchev–Trinajstić information content (AvgIpc) is 3.77. The van der Waals surface area contributed by atoms with Gasteiger partial charge in [0.05, 0.1) is 50.8 Å². The molecule has 0 aromatic heterocycles. The topological polar surface area (TPSA) is 355 Å². The Morgan fingerprint density at radius 3 is 1.93 bits per heavy atom. The van der Waals surface area contributed by atoms with Gasteiger partial charge in [0, 0.05) is 30.1 Å². The summed E-state index contributed by atoms with van der Waals surface area (Å²) in [7, 11) is 0. The first kappa shape index (κ1) is 55.1. The summed E-state index contributed by atoms with van der Waals surface area (Å²) in [6.45, 7) is 6.66. The Morgan fingerprint density at radius 2 is 1.23 bits per heavy atom. The van der Waals surface area contributed by atoms with Gasteiger partial charge in [0.15, 0.2) is 30.9 Å². The maximum absolute atomic E-state index is 13.0. The summed E-state index contributed by atoms with van der Waals surface area (Å²) in [6.07, 6.45) is -24.8. The van der Waals surface area contributed by atoms with Crippen molar-refractivity contribution in [1.29, 1.82) is 0 Å². The van der Waals surface area contributed by atoms with Crippen molar-refractivity contribution in [2.75, 3.05) is 33.0 Å². The molecule has 6 heterocycles. The lowest BCUT2D eigenvalue weighted by Gasteiger charge is -2.62. The second-order valence-electron chi connectivity index (χ2n) is 23.6. The SMILES string of the molecule is C[C@H]1CC[C@@]2(OC1)O[C@H]1C[C@@]3(O)[C@@H]4CC=C5C[C@H](O[C@@H]6O[C@H](CO)[C@H](O[C@@H]7O[C@H](CO)[C@@H](O)[C@H](O[C@@H]8OC[C@@H](O)[C@H](O)[C@H]8O)[C@H]7O[C@@H]7O[C@H](CO)[C@@H](O)[C@H](O)[C@H]7O)[C@H](O)[C@H]6O)CC[C@@]5(C)[C@H]4CC[C@@]3(C)[C@H]1[C@@H]2C. The van der Waals surface area contributed by atoms with E-state index in [9.17, 15) is 66.4 Å². The number of aliphatic hydroxyl groups excluding tert-OH is 12. The Hall–Kier alpha value is -1.18. The van der Waals surface area contributed by atoms with E-state index >= 15 is 0 Å². The molecule has 10 rings (SSSR count). The minimum atomic E-state index is -2.01. The van der Waals surface area contributed by atoms with Crippen molar-refractivity contribution in [3.8, 4) is 0 Å². The molecule has 9 fully saturated rings. The number of fused-ring (bicyclic) bond motifs is 7. The van der Waals surface area contributed by atoms with Crippen LogP contribution in [0.4, 0.5) is 0 Å². The van der Waals surface area contributed by atoms with Crippen molar-refractivity contribution in [2.45, 2.75) is 226 Å². The average molecular weight is 1050 g/mol. The number of allylic oxidation sites excluding steroid dienone is 1. The van der Waals surface area contributed by atoms with Crippen LogP contribution in [0.5, 0.6) is 0 Å². The largest absolute Gasteiger partial charge is 0.394 e. The predicted molar refractivity (Wildman–Crippen MR) is 244 cm³/mol. The lowest BCUT2D eigenvalue weighted by Crippen LogP contribution is -2.68. The summed E-state index contributed by atoms with van der Waals surface area (Å²) < 4.78 is 61.1. The Bertz CT molecular complexity index is 1940. The highest BCUT2D eigenvalue weighted by Crippen LogP contribution is 2.72. The Balaban J connectivity index is 0.833. The summed E-state index contributed by atoms with van der Waals surface area (Å²) >= 11 is 0. The van der Waals surface area contributed by atoms with E-state index in [1.165, 1.54) is 5.57 Å². The minimum Gasteiger partial charge on any atom is -0.394 e. The zero-order chi connectivity index (χ0) is 52.3. The van der Waals surface area contributed by atoms with Crippen molar-refractivity contribution in [2.24, 2.45) is 40.4 Å². The highest BCUT2D eigenvalue weighted by Gasteiger charge is 2.74. The molecule has 30 atom stereocenters. The third-order valence-electron chi connectivity index (χ3n) is 19.6. The normalized spacial score (nSPS) is 57.1. The number of rotatable bonds is 11. The van der Waals surface area contributed by atoms with Gasteiger partial charge in [0.1, 0.15) is 91.6 Å². The van der Waals surface area contributed by atoms with Crippen molar-refractivity contribution < 1.29 is 114 Å². The Morgan fingerprint density at radius 1 is 0.603 bits per heavy atom. The molecule has 0 amide bonds. The number of aliphatic hydroxyl groups is 13. The third-order valence-corrected chi connectivity index (χ3v) is 19.6. The van der Waals surface area contributed by atoms with Gasteiger partial charge >= 0.3 is 0 Å². The molecule has 23 heteroatoms. The van der Waals surface area contributed by atoms with Crippen LogP contribution in [0.1, 0.15) is 85.5 Å². The monoisotopic (exact) mass is 1050 g/mol. The highest BCUT2D eigenvalue weighted by molar-refractivity contribution is 5.30. The van der Waals surface area contributed by atoms with Crippen LogP contribution in [0, 0.1) is 40.4 Å². The molecule has 0 bridgehead atoms. The van der Waals surface area contributed by atoms with Crippen LogP contribution < -0.4 is 0 Å². The fourth-order valence-corrected chi connectivity index (χ4v) is 15.2. The standard InChI is InChI=1S/C50H80O23/c1-20-7-12-50(65-18-20)21(2)31-27(73-50)14-49(63)25-6-5-22-13-23(8-10-47(22,3)24(25)9-11-48(31,49)4)66-44-39(62)36(59)40(30(17-53)69-44)70-46-42(72-45-38(61)35(58)33(56)28(15-51)67-45)41(34(57)29(16-52)68-46)71-43-37(60)32(55)26(54)19-64-43/h5,20-21,23-46,51-63H,6-19H2,1-4H3/t20-,21-,23+,24-,25+,26+,27-,28+,29+,30+,31-,32-,33+,34+,35-,36+,37+,38+,39+,40-,41-,42+,43-,44+,45-,46-,47+,48-,49+,50+/m0/s1. The van der Waals surface area contributed by atoms with Crippen LogP contribution >= 0.6 is 0 Å². The summed E-state index contributed by atoms with van der Waals surface area (Å²) in [5.41, 5.74) is -0.289. The van der Waals surface area contributed by atoms with Crippen molar-refractivity contribution in [3.63, 3.8) is 0 Å². The highest BCUT2D eigenvalue weighted by atomic mass is 16.8. The van der Waals surface area contributed by atoms with Gasteiger partial charge in [0.25, 0.3) is 0 Å². The van der Waals surface area contributed by atoms with Gasteiger partial charge < -0.3 is 114 Å². The maximum atomic E-state index is 13.0. The molecule has 0 aromatic rings. The predicted octanol–water partition coefficient (Wildman–Crippen LogP) is -3.24. The van der Waals surface area contributed by atoms with Gasteiger partial charge in [-0.2, -0.15) is 0 Å². The molecule has 4 aliphatic carbocycles. The number of ether oxygens (including phenoxy) is 10. The van der Waals surface area contributed by atoms with Crippen LogP contribution in [0.15, 0.2) is 11.6 Å². The van der Waals surface area contributed by atoms with E-state index in [2.05, 4.69) is 33.8 Å². The van der Waals surface area contributed by atoms with E-state index in [1.807, 2.05) is 0 Å². The Labute approximate surface area is 423 Å². The van der Waals surface area contributed by atoms with Crippen LogP contribution in [-0.2, 0) is 47.4 Å². The van der Waals surface area contributed by atoms with E-state index in [4.69, 9.17) is 47.4 Å². The number of hydrogen-bond acceptors (Lipinski definition) is 23. The zero-order valence-electron chi connectivity index (χ0n) is 41.9. The van der Waals surface area contributed by atoms with Gasteiger partial charge in [-0.25, -0.2) is 0 Å². The molecule has 1 spiro atoms. The molecule has 23 nitrogen and oxygen atoms in total. The molecule has 13 N–H and O–H groups in total. The Kier molecular flexibility index (Phi) is 15.7. The fraction of sp³-hybridized carbons (Fsp3) is 0.960. The lowest BCUT2D eigenvalue weighted by atomic mass is 9.45. The summed E-state index contributed by atoms with van der Waals surface area (Å²) in [5.74, 6) is 0.488. The minimum absolute atomic E-state index is 0.0326. The van der Waals surface area contributed by atoms with Crippen LogP contribution in [-0.4, -0.2) is 240 Å². The van der Waals surface area contributed by atoms with E-state index < -0.39 is 161 Å². The summed E-state index contributed by atoms with van der Waals surface area (Å²) in [6, 6.07) is 0. The maximum Gasteiger partial charge on any atom is 0.187 e. The number of hydrogen-bond donors (Lipinski definition) is 13. The third kappa shape index (κ3) is 9.12. The first-order valence-electron chi connectivity index (χ1n) is 26.5. The quantitative estimate of drug-likeness (QED) is 0.0905. The molecular weight excluding hydrogens is 969 g/mol. The molecule has 0 aromatic carbocycles. The van der Waals surface area contributed by atoms with Gasteiger partial charge in [0.2, 0.25) is 0 Å². The summed E-state index contributed by atoms with van der Waals surface area (Å²) in [5, 5.41) is 142. The van der Waals surface area contributed by atoms with E-state index in [1.54, 1.807) is 0 Å². The molecule has 6 aliphatic heterocycles. The lowest BCUT2D eigenvalue weighted by molar-refractivity contribution is -0.403. The van der Waals surface area contributed by atoms with Gasteiger partial charge in [-0.1, -0.05) is 39.3 Å². The summed E-state index contributed by atoms with van der Waals surface area (Å²) in [4.78, 5) is 0. The molecule has 6 saturated heterocycles. The van der Waals surface area contributed by atoms with Crippen molar-refractivity contribution >= 4 is 0 Å². The van der Waals surface area contributed by atoms with Gasteiger partial charge in [-0.15, -0.1) is 0 Å². The molecule has 3 saturated carbocycles. The van der Waals surface area contributed by atoms with Gasteiger partial charge in [-0.3, -0.25) is 0 Å². The van der Waals surface area contributed by atoms with E-state index in [-0.39, 0.29) is 40.6 Å². The van der Waals surface area contributed by atoms with Crippen molar-refractivity contribution in [3.05, 3.63) is 11.6 Å². The van der Waals surface area contributed by atoms with Crippen LogP contribution in [0.25, 0.3) is 0 Å². The van der Waals surface area contributed by atoms with Gasteiger partial charge in [-0.05, 0) is 68.1 Å². The molecular formula is C50H80O23. The van der Waals surface area contributed by atoms with Crippen LogP contribution in [0.2, 0.25) is 0 Å². The van der Waals surface area contributed by atoms with E-state index in [0.29, 0.717) is 38.2 Å². The molecule has 0 radical (unpaired) electrons. The molecule has 73 heavy (non-hydrogen) atoms. The first-order chi connectivity index (χ1) is 34.6. The molecule has 418 valence electrons. The fourth-order valence-electron chi connectivity index (χ4n) is 15.2.